The fraction of sp³-hybridized carbons (Fsp3) is 0.357. The molecule has 1 aromatic carbocycles. The van der Waals surface area contributed by atoms with Gasteiger partial charge in [0.15, 0.2) is 0 Å². The summed E-state index contributed by atoms with van der Waals surface area (Å²) in [6.07, 6.45) is 0. The third kappa shape index (κ3) is 1.76. The Morgan fingerprint density at radius 3 is 2.88 bits per heavy atom. The van der Waals surface area contributed by atoms with Crippen LogP contribution in [0.4, 0.5) is 5.69 Å². The first-order chi connectivity index (χ1) is 8.28. The van der Waals surface area contributed by atoms with Crippen molar-refractivity contribution in [2.45, 2.75) is 6.92 Å². The van der Waals surface area contributed by atoms with E-state index >= 15 is 0 Å². The average molecular weight is 227 g/mol. The molecule has 1 saturated heterocycles. The first-order valence-corrected chi connectivity index (χ1v) is 6.09. The Morgan fingerprint density at radius 2 is 2.12 bits per heavy atom. The lowest BCUT2D eigenvalue weighted by Crippen LogP contribution is -2.50. The van der Waals surface area contributed by atoms with E-state index in [0.29, 0.717) is 5.92 Å². The molecule has 0 radical (unpaired) electrons. The number of nitrogens with two attached hydrogens (primary N) is 1. The summed E-state index contributed by atoms with van der Waals surface area (Å²) >= 11 is 0. The summed E-state index contributed by atoms with van der Waals surface area (Å²) in [6.45, 7) is 4.99. The summed E-state index contributed by atoms with van der Waals surface area (Å²) in [4.78, 5) is 6.96. The Hall–Kier alpha value is -1.61. The molecule has 0 amide bonds. The van der Waals surface area contributed by atoms with E-state index in [1.54, 1.807) is 0 Å². The number of rotatable bonds is 2. The number of aromatic nitrogens is 1. The highest BCUT2D eigenvalue weighted by atomic mass is 15.2. The van der Waals surface area contributed by atoms with Crippen LogP contribution >= 0.6 is 0 Å². The average Bonchev–Trinajstić information content (AvgIpc) is 2.27. The Labute approximate surface area is 101 Å². The van der Waals surface area contributed by atoms with Gasteiger partial charge in [0.2, 0.25) is 0 Å². The van der Waals surface area contributed by atoms with Crippen LogP contribution in [0.15, 0.2) is 30.3 Å². The number of anilines is 1. The van der Waals surface area contributed by atoms with Crippen LogP contribution < -0.4 is 10.6 Å². The van der Waals surface area contributed by atoms with Crippen LogP contribution in [0, 0.1) is 12.8 Å². The van der Waals surface area contributed by atoms with Gasteiger partial charge < -0.3 is 10.6 Å². The first kappa shape index (κ1) is 10.5. The minimum absolute atomic E-state index is 0.655. The van der Waals surface area contributed by atoms with Gasteiger partial charge in [-0.15, -0.1) is 0 Å². The molecule has 3 rings (SSSR count). The maximum absolute atomic E-state index is 5.68. The fourth-order valence-electron chi connectivity index (χ4n) is 2.46. The second-order valence-electron chi connectivity index (χ2n) is 4.81. The van der Waals surface area contributed by atoms with Crippen LogP contribution in [0.25, 0.3) is 10.9 Å². The molecule has 0 aliphatic carbocycles. The molecule has 1 aliphatic rings. The molecule has 0 unspecified atom stereocenters. The van der Waals surface area contributed by atoms with Gasteiger partial charge in [0, 0.05) is 35.8 Å². The van der Waals surface area contributed by atoms with E-state index in [1.807, 2.05) is 6.07 Å². The second-order valence-corrected chi connectivity index (χ2v) is 4.81. The van der Waals surface area contributed by atoms with E-state index in [9.17, 15) is 0 Å². The lowest BCUT2D eigenvalue weighted by atomic mass is 9.98. The Bertz CT molecular complexity index is 544. The van der Waals surface area contributed by atoms with Crippen LogP contribution in [0.3, 0.4) is 0 Å². The van der Waals surface area contributed by atoms with Crippen molar-refractivity contribution in [3.05, 3.63) is 36.0 Å². The standard InChI is InChI=1S/C14H17N3/c1-10-6-14(17-8-11(7-15)9-17)12-4-2-3-5-13(12)16-10/h2-6,11H,7-9,15H2,1H3. The maximum atomic E-state index is 5.68. The molecule has 3 heteroatoms. The molecule has 0 spiro atoms. The predicted octanol–water partition coefficient (Wildman–Crippen LogP) is 1.94. The molecule has 2 N–H and O–H groups in total. The monoisotopic (exact) mass is 227 g/mol. The van der Waals surface area contributed by atoms with Crippen molar-refractivity contribution >= 4 is 16.6 Å². The lowest BCUT2D eigenvalue weighted by molar-refractivity contribution is 0.421. The number of benzene rings is 1. The van der Waals surface area contributed by atoms with E-state index in [-0.39, 0.29) is 0 Å². The largest absolute Gasteiger partial charge is 0.370 e. The Morgan fingerprint density at radius 1 is 1.35 bits per heavy atom. The minimum Gasteiger partial charge on any atom is -0.370 e. The van der Waals surface area contributed by atoms with Gasteiger partial charge in [0.1, 0.15) is 0 Å². The van der Waals surface area contributed by atoms with E-state index in [4.69, 9.17) is 5.73 Å². The zero-order valence-electron chi connectivity index (χ0n) is 10.1. The van der Waals surface area contributed by atoms with E-state index < -0.39 is 0 Å². The molecule has 0 bridgehead atoms. The molecular formula is C14H17N3. The van der Waals surface area contributed by atoms with Crippen LogP contribution in [-0.4, -0.2) is 24.6 Å². The smallest absolute Gasteiger partial charge is 0.0726 e. The van der Waals surface area contributed by atoms with Gasteiger partial charge in [-0.2, -0.15) is 0 Å². The molecule has 1 aliphatic heterocycles. The summed E-state index contributed by atoms with van der Waals surface area (Å²) in [7, 11) is 0. The SMILES string of the molecule is Cc1cc(N2CC(CN)C2)c2ccccc2n1. The molecule has 88 valence electrons. The molecule has 0 atom stereocenters. The van der Waals surface area contributed by atoms with Gasteiger partial charge in [0.05, 0.1) is 5.52 Å². The van der Waals surface area contributed by atoms with Gasteiger partial charge >= 0.3 is 0 Å². The molecule has 2 aromatic rings. The summed E-state index contributed by atoms with van der Waals surface area (Å²) < 4.78 is 0. The molecule has 2 heterocycles. The van der Waals surface area contributed by atoms with Crippen molar-refractivity contribution in [1.29, 1.82) is 0 Å². The van der Waals surface area contributed by atoms with Gasteiger partial charge in [-0.1, -0.05) is 18.2 Å². The molecule has 17 heavy (non-hydrogen) atoms. The summed E-state index contributed by atoms with van der Waals surface area (Å²) in [5, 5.41) is 1.24. The van der Waals surface area contributed by atoms with Crippen molar-refractivity contribution < 1.29 is 0 Å². The van der Waals surface area contributed by atoms with Gasteiger partial charge in [0.25, 0.3) is 0 Å². The first-order valence-electron chi connectivity index (χ1n) is 6.09. The number of pyridine rings is 1. The van der Waals surface area contributed by atoms with Crippen LogP contribution in [0.2, 0.25) is 0 Å². The van der Waals surface area contributed by atoms with Crippen molar-refractivity contribution in [3.8, 4) is 0 Å². The highest BCUT2D eigenvalue weighted by Gasteiger charge is 2.26. The minimum atomic E-state index is 0.655. The van der Waals surface area contributed by atoms with Gasteiger partial charge in [-0.3, -0.25) is 4.98 Å². The predicted molar refractivity (Wildman–Crippen MR) is 71.2 cm³/mol. The highest BCUT2D eigenvalue weighted by molar-refractivity contribution is 5.92. The van der Waals surface area contributed by atoms with Crippen molar-refractivity contribution in [2.24, 2.45) is 11.7 Å². The van der Waals surface area contributed by atoms with E-state index in [1.165, 1.54) is 11.1 Å². The van der Waals surface area contributed by atoms with E-state index in [0.717, 1.165) is 30.8 Å². The summed E-state index contributed by atoms with van der Waals surface area (Å²) in [6, 6.07) is 10.5. The summed E-state index contributed by atoms with van der Waals surface area (Å²) in [5.74, 6) is 0.655. The molecule has 1 aromatic heterocycles. The number of hydrogen-bond acceptors (Lipinski definition) is 3. The van der Waals surface area contributed by atoms with Crippen molar-refractivity contribution in [2.75, 3.05) is 24.5 Å². The molecule has 3 nitrogen and oxygen atoms in total. The molecule has 0 saturated carbocycles. The third-order valence-corrected chi connectivity index (χ3v) is 3.45. The van der Waals surface area contributed by atoms with E-state index in [2.05, 4.69) is 41.1 Å². The topological polar surface area (TPSA) is 42.1 Å². The highest BCUT2D eigenvalue weighted by Crippen LogP contribution is 2.31. The van der Waals surface area contributed by atoms with Crippen LogP contribution in [0.5, 0.6) is 0 Å². The molecule has 1 fully saturated rings. The Kier molecular flexibility index (Phi) is 2.48. The van der Waals surface area contributed by atoms with Crippen molar-refractivity contribution in [3.63, 3.8) is 0 Å². The number of nitrogens with zero attached hydrogens (tertiary/aromatic N) is 2. The lowest BCUT2D eigenvalue weighted by Gasteiger charge is -2.41. The maximum Gasteiger partial charge on any atom is 0.0726 e. The zero-order valence-corrected chi connectivity index (χ0v) is 10.1. The van der Waals surface area contributed by atoms with Crippen LogP contribution in [-0.2, 0) is 0 Å². The fourth-order valence-corrected chi connectivity index (χ4v) is 2.46. The zero-order chi connectivity index (χ0) is 11.8. The normalized spacial score (nSPS) is 16.2. The number of hydrogen-bond donors (Lipinski definition) is 1. The third-order valence-electron chi connectivity index (χ3n) is 3.45. The quantitative estimate of drug-likeness (QED) is 0.852. The number of para-hydroxylation sites is 1. The van der Waals surface area contributed by atoms with Crippen molar-refractivity contribution in [1.82, 2.24) is 4.98 Å². The Balaban J connectivity index is 2.04. The van der Waals surface area contributed by atoms with Crippen LogP contribution in [0.1, 0.15) is 5.69 Å². The summed E-state index contributed by atoms with van der Waals surface area (Å²) in [5.41, 5.74) is 9.14. The molecular weight excluding hydrogens is 210 g/mol. The second kappa shape index (κ2) is 4.00. The van der Waals surface area contributed by atoms with Gasteiger partial charge in [-0.05, 0) is 25.6 Å². The number of aryl methyl sites for hydroxylation is 1. The van der Waals surface area contributed by atoms with Gasteiger partial charge in [-0.25, -0.2) is 0 Å². The number of fused-ring (bicyclic) bond motifs is 1.